The highest BCUT2D eigenvalue weighted by Gasteiger charge is 2.27. The molecule has 1 saturated heterocycles. The van der Waals surface area contributed by atoms with Gasteiger partial charge < -0.3 is 9.15 Å². The van der Waals surface area contributed by atoms with E-state index in [1.54, 1.807) is 7.11 Å². The molecule has 25 heavy (non-hydrogen) atoms. The van der Waals surface area contributed by atoms with Gasteiger partial charge in [0.25, 0.3) is 10.2 Å². The molecule has 136 valence electrons. The van der Waals surface area contributed by atoms with Crippen LogP contribution in [0.3, 0.4) is 0 Å². The van der Waals surface area contributed by atoms with Gasteiger partial charge in [-0.05, 0) is 30.9 Å². The zero-order valence-corrected chi connectivity index (χ0v) is 15.0. The van der Waals surface area contributed by atoms with Gasteiger partial charge in [-0.25, -0.2) is 4.98 Å². The molecule has 1 aliphatic heterocycles. The third-order valence-electron chi connectivity index (χ3n) is 4.32. The second kappa shape index (κ2) is 8.09. The van der Waals surface area contributed by atoms with E-state index in [1.807, 2.05) is 30.3 Å². The predicted octanol–water partition coefficient (Wildman–Crippen LogP) is 2.03. The second-order valence-electron chi connectivity index (χ2n) is 6.13. The maximum atomic E-state index is 12.4. The first-order valence-corrected chi connectivity index (χ1v) is 9.76. The summed E-state index contributed by atoms with van der Waals surface area (Å²) in [4.78, 5) is 4.34. The van der Waals surface area contributed by atoms with Gasteiger partial charge in [0.1, 0.15) is 6.26 Å². The van der Waals surface area contributed by atoms with Gasteiger partial charge in [0.15, 0.2) is 0 Å². The first-order chi connectivity index (χ1) is 12.1. The van der Waals surface area contributed by atoms with Crippen LogP contribution in [0.2, 0.25) is 0 Å². The molecule has 3 rings (SSSR count). The van der Waals surface area contributed by atoms with Crippen LogP contribution in [0.1, 0.15) is 18.5 Å². The molecular formula is C17H23N3O4S. The number of ether oxygens (including phenoxy) is 1. The SMILES string of the molecule is COCC1CCN(S(=O)(=O)NCc2coc(-c3ccccc3)n2)CC1. The normalized spacial score (nSPS) is 17.0. The molecule has 0 aliphatic carbocycles. The smallest absolute Gasteiger partial charge is 0.279 e. The molecule has 0 bridgehead atoms. The Labute approximate surface area is 148 Å². The Hall–Kier alpha value is -1.74. The summed E-state index contributed by atoms with van der Waals surface area (Å²) in [5, 5.41) is 0. The lowest BCUT2D eigenvalue weighted by atomic mass is 9.99. The highest BCUT2D eigenvalue weighted by molar-refractivity contribution is 7.87. The molecule has 2 heterocycles. The Morgan fingerprint density at radius 2 is 2.00 bits per heavy atom. The van der Waals surface area contributed by atoms with Crippen LogP contribution in [0.4, 0.5) is 0 Å². The lowest BCUT2D eigenvalue weighted by molar-refractivity contribution is 0.121. The molecule has 1 fully saturated rings. The fraction of sp³-hybridized carbons (Fsp3) is 0.471. The van der Waals surface area contributed by atoms with Crippen LogP contribution in [0.25, 0.3) is 11.5 Å². The largest absolute Gasteiger partial charge is 0.444 e. The van der Waals surface area contributed by atoms with Crippen molar-refractivity contribution in [1.82, 2.24) is 14.0 Å². The van der Waals surface area contributed by atoms with E-state index in [-0.39, 0.29) is 6.54 Å². The van der Waals surface area contributed by atoms with Crippen LogP contribution < -0.4 is 4.72 Å². The van der Waals surface area contributed by atoms with E-state index in [4.69, 9.17) is 9.15 Å². The van der Waals surface area contributed by atoms with Crippen molar-refractivity contribution in [3.05, 3.63) is 42.3 Å². The summed E-state index contributed by atoms with van der Waals surface area (Å²) in [6.07, 6.45) is 3.11. The summed E-state index contributed by atoms with van der Waals surface area (Å²) in [5.74, 6) is 0.913. The number of rotatable bonds is 7. The van der Waals surface area contributed by atoms with Gasteiger partial charge in [-0.15, -0.1) is 0 Å². The summed E-state index contributed by atoms with van der Waals surface area (Å²) < 4.78 is 39.5. The Morgan fingerprint density at radius 3 is 2.68 bits per heavy atom. The van der Waals surface area contributed by atoms with Crippen molar-refractivity contribution < 1.29 is 17.6 Å². The zero-order valence-electron chi connectivity index (χ0n) is 14.2. The molecule has 0 atom stereocenters. The van der Waals surface area contributed by atoms with Crippen molar-refractivity contribution in [2.24, 2.45) is 5.92 Å². The number of benzene rings is 1. The monoisotopic (exact) mass is 365 g/mol. The molecule has 1 aromatic carbocycles. The molecule has 0 unspecified atom stereocenters. The molecule has 0 saturated carbocycles. The molecule has 2 aromatic rings. The standard InChI is InChI=1S/C17H23N3O4S/c1-23-12-14-7-9-20(10-8-14)25(21,22)18-11-16-13-24-17(19-16)15-5-3-2-4-6-15/h2-6,13-14,18H,7-12H2,1H3. The molecule has 0 spiro atoms. The number of nitrogens with zero attached hydrogens (tertiary/aromatic N) is 2. The number of nitrogens with one attached hydrogen (secondary N) is 1. The summed E-state index contributed by atoms with van der Waals surface area (Å²) in [6, 6.07) is 9.50. The van der Waals surface area contributed by atoms with E-state index >= 15 is 0 Å². The Morgan fingerprint density at radius 1 is 1.28 bits per heavy atom. The van der Waals surface area contributed by atoms with Gasteiger partial charge in [0.2, 0.25) is 5.89 Å². The Kier molecular flexibility index (Phi) is 5.85. The summed E-state index contributed by atoms with van der Waals surface area (Å²) in [7, 11) is -1.84. The topological polar surface area (TPSA) is 84.7 Å². The number of hydrogen-bond donors (Lipinski definition) is 1. The third kappa shape index (κ3) is 4.66. The van der Waals surface area contributed by atoms with Crippen LogP contribution in [-0.4, -0.2) is 44.5 Å². The number of piperidine rings is 1. The maximum Gasteiger partial charge on any atom is 0.279 e. The van der Waals surface area contributed by atoms with E-state index < -0.39 is 10.2 Å². The van der Waals surface area contributed by atoms with E-state index in [0.717, 1.165) is 18.4 Å². The third-order valence-corrected chi connectivity index (χ3v) is 5.88. The average Bonchev–Trinajstić information content (AvgIpc) is 3.11. The van der Waals surface area contributed by atoms with E-state index in [1.165, 1.54) is 10.6 Å². The molecule has 1 N–H and O–H groups in total. The van der Waals surface area contributed by atoms with Gasteiger partial charge in [-0.1, -0.05) is 18.2 Å². The van der Waals surface area contributed by atoms with E-state index in [0.29, 0.717) is 37.2 Å². The second-order valence-corrected chi connectivity index (χ2v) is 7.89. The minimum absolute atomic E-state index is 0.108. The fourth-order valence-corrected chi connectivity index (χ4v) is 4.11. The van der Waals surface area contributed by atoms with Crippen molar-refractivity contribution >= 4 is 10.2 Å². The lowest BCUT2D eigenvalue weighted by Gasteiger charge is -2.30. The van der Waals surface area contributed by atoms with Gasteiger partial charge in [0.05, 0.1) is 12.2 Å². The van der Waals surface area contributed by atoms with Crippen LogP contribution in [-0.2, 0) is 21.5 Å². The summed E-state index contributed by atoms with van der Waals surface area (Å²) in [6.45, 7) is 1.81. The quantitative estimate of drug-likeness (QED) is 0.812. The molecule has 7 nitrogen and oxygen atoms in total. The van der Waals surface area contributed by atoms with Crippen LogP contribution in [0.5, 0.6) is 0 Å². The van der Waals surface area contributed by atoms with Gasteiger partial charge in [0, 0.05) is 32.4 Å². The first-order valence-electron chi connectivity index (χ1n) is 8.32. The van der Waals surface area contributed by atoms with Crippen LogP contribution >= 0.6 is 0 Å². The minimum atomic E-state index is -3.51. The molecule has 0 amide bonds. The van der Waals surface area contributed by atoms with Crippen LogP contribution in [0, 0.1) is 5.92 Å². The number of hydrogen-bond acceptors (Lipinski definition) is 5. The van der Waals surface area contributed by atoms with E-state index in [9.17, 15) is 8.42 Å². The Bertz CT molecular complexity index is 768. The minimum Gasteiger partial charge on any atom is -0.444 e. The van der Waals surface area contributed by atoms with Crippen molar-refractivity contribution in [1.29, 1.82) is 0 Å². The maximum absolute atomic E-state index is 12.4. The average molecular weight is 365 g/mol. The summed E-state index contributed by atoms with van der Waals surface area (Å²) >= 11 is 0. The first kappa shape index (κ1) is 18.1. The fourth-order valence-electron chi connectivity index (χ4n) is 2.91. The lowest BCUT2D eigenvalue weighted by Crippen LogP contribution is -2.45. The number of methoxy groups -OCH3 is 1. The van der Waals surface area contributed by atoms with Gasteiger partial charge in [-0.3, -0.25) is 0 Å². The summed E-state index contributed by atoms with van der Waals surface area (Å²) in [5.41, 5.74) is 1.41. The highest BCUT2D eigenvalue weighted by Crippen LogP contribution is 2.20. The van der Waals surface area contributed by atoms with E-state index in [2.05, 4.69) is 9.71 Å². The predicted molar refractivity (Wildman–Crippen MR) is 93.9 cm³/mol. The number of oxazole rings is 1. The van der Waals surface area contributed by atoms with Crippen molar-refractivity contribution in [3.63, 3.8) is 0 Å². The zero-order chi connectivity index (χ0) is 17.7. The molecule has 1 aliphatic rings. The Balaban J connectivity index is 1.55. The molecular weight excluding hydrogens is 342 g/mol. The molecule has 0 radical (unpaired) electrons. The van der Waals surface area contributed by atoms with Crippen molar-refractivity contribution in [2.45, 2.75) is 19.4 Å². The highest BCUT2D eigenvalue weighted by atomic mass is 32.2. The van der Waals surface area contributed by atoms with Crippen molar-refractivity contribution in [3.8, 4) is 11.5 Å². The van der Waals surface area contributed by atoms with Gasteiger partial charge in [-0.2, -0.15) is 17.4 Å². The van der Waals surface area contributed by atoms with Crippen LogP contribution in [0.15, 0.2) is 41.0 Å². The van der Waals surface area contributed by atoms with Crippen molar-refractivity contribution in [2.75, 3.05) is 26.8 Å². The van der Waals surface area contributed by atoms with Gasteiger partial charge >= 0.3 is 0 Å². The molecule has 8 heteroatoms. The number of aromatic nitrogens is 1. The molecule has 1 aromatic heterocycles.